The van der Waals surface area contributed by atoms with E-state index in [1.165, 1.54) is 14.2 Å². The van der Waals surface area contributed by atoms with E-state index in [1.807, 2.05) is 13.0 Å². The number of methoxy groups -OCH3 is 3. The monoisotopic (exact) mass is 440 g/mol. The van der Waals surface area contributed by atoms with Gasteiger partial charge in [-0.15, -0.1) is 0 Å². The van der Waals surface area contributed by atoms with Gasteiger partial charge in [-0.2, -0.15) is 0 Å². The number of hydrogen-bond donors (Lipinski definition) is 2. The lowest BCUT2D eigenvalue weighted by Gasteiger charge is -2.15. The largest absolute Gasteiger partial charge is 0.497 e. The first-order valence-corrected chi connectivity index (χ1v) is 10.5. The zero-order valence-corrected chi connectivity index (χ0v) is 19.4. The van der Waals surface area contributed by atoms with Crippen molar-refractivity contribution in [3.8, 4) is 17.2 Å². The minimum atomic E-state index is -0.595. The minimum Gasteiger partial charge on any atom is -0.497 e. The smallest absolute Gasteiger partial charge is 0.241 e. The van der Waals surface area contributed by atoms with E-state index in [2.05, 4.69) is 5.32 Å². The molecule has 1 amide bonds. The number of unbranched alkanes of at least 4 members (excludes halogenated alkanes) is 1. The Morgan fingerprint density at radius 2 is 1.72 bits per heavy atom. The number of nitrogens with one attached hydrogen (secondary N) is 1. The summed E-state index contributed by atoms with van der Waals surface area (Å²) in [5, 5.41) is 2.84. The van der Waals surface area contributed by atoms with Gasteiger partial charge in [-0.1, -0.05) is 25.8 Å². The maximum Gasteiger partial charge on any atom is 0.241 e. The second kappa shape index (κ2) is 11.9. The zero-order valence-electron chi connectivity index (χ0n) is 19.4. The van der Waals surface area contributed by atoms with Crippen LogP contribution in [0.2, 0.25) is 0 Å². The Labute approximate surface area is 189 Å². The second-order valence-corrected chi connectivity index (χ2v) is 7.42. The minimum absolute atomic E-state index is 0.191. The summed E-state index contributed by atoms with van der Waals surface area (Å²) in [5.41, 5.74) is 8.12. The fourth-order valence-corrected chi connectivity index (χ4v) is 3.21. The van der Waals surface area contributed by atoms with E-state index >= 15 is 0 Å². The van der Waals surface area contributed by atoms with E-state index in [1.54, 1.807) is 50.4 Å². The molecule has 0 spiro atoms. The molecule has 2 aromatic carbocycles. The molecule has 0 heterocycles. The molecule has 2 rings (SSSR count). The predicted molar refractivity (Wildman–Crippen MR) is 127 cm³/mol. The maximum atomic E-state index is 13.1. The van der Waals surface area contributed by atoms with Crippen molar-refractivity contribution in [2.45, 2.75) is 39.2 Å². The Balaban J connectivity index is 2.31. The number of carbonyl (C=O) groups is 2. The number of rotatable bonds is 11. The van der Waals surface area contributed by atoms with Crippen molar-refractivity contribution in [1.29, 1.82) is 0 Å². The van der Waals surface area contributed by atoms with Gasteiger partial charge in [-0.05, 0) is 60.9 Å². The number of carbonyl (C=O) groups excluding carboxylic acids is 2. The van der Waals surface area contributed by atoms with E-state index in [0.717, 1.165) is 18.4 Å². The third-order valence-corrected chi connectivity index (χ3v) is 5.08. The molecule has 3 N–H and O–H groups in total. The maximum absolute atomic E-state index is 13.1. The molecule has 0 bridgehead atoms. The van der Waals surface area contributed by atoms with Crippen LogP contribution in [0.5, 0.6) is 17.2 Å². The van der Waals surface area contributed by atoms with Gasteiger partial charge >= 0.3 is 0 Å². The molecule has 0 saturated heterocycles. The van der Waals surface area contributed by atoms with Crippen LogP contribution < -0.4 is 25.3 Å². The lowest BCUT2D eigenvalue weighted by molar-refractivity contribution is -0.117. The highest BCUT2D eigenvalue weighted by Crippen LogP contribution is 2.29. The molecule has 1 unspecified atom stereocenters. The summed E-state index contributed by atoms with van der Waals surface area (Å²) in [6.07, 6.45) is 4.20. The Bertz CT molecular complexity index is 984. The third kappa shape index (κ3) is 6.34. The van der Waals surface area contributed by atoms with Gasteiger partial charge in [0.2, 0.25) is 5.91 Å². The molecule has 172 valence electrons. The summed E-state index contributed by atoms with van der Waals surface area (Å²) in [7, 11) is 4.59. The van der Waals surface area contributed by atoms with Crippen LogP contribution in [-0.2, 0) is 4.79 Å². The molecule has 32 heavy (non-hydrogen) atoms. The van der Waals surface area contributed by atoms with Gasteiger partial charge in [0.05, 0.1) is 38.6 Å². The standard InChI is InChI=1S/C25H32N2O5/c1-6-7-8-20(26)25(29)27-21-14-17(9-11-23(21)32-5)13-16(2)24(28)19-15-18(30-3)10-12-22(19)31-4/h9-15,20H,6-8,26H2,1-5H3,(H,27,29)/b16-13+. The Morgan fingerprint density at radius 3 is 2.34 bits per heavy atom. The van der Waals surface area contributed by atoms with Gasteiger partial charge in [0.1, 0.15) is 17.2 Å². The number of allylic oxidation sites excluding steroid dienone is 1. The Hall–Kier alpha value is -3.32. The molecule has 2 aromatic rings. The van der Waals surface area contributed by atoms with Crippen LogP contribution in [0.1, 0.15) is 49.0 Å². The van der Waals surface area contributed by atoms with Crippen LogP contribution in [0, 0.1) is 0 Å². The van der Waals surface area contributed by atoms with Gasteiger partial charge < -0.3 is 25.3 Å². The first kappa shape index (κ1) is 24.9. The second-order valence-electron chi connectivity index (χ2n) is 7.42. The molecule has 0 aliphatic rings. The van der Waals surface area contributed by atoms with Gasteiger partial charge in [0, 0.05) is 0 Å². The molecule has 7 heteroatoms. The number of hydrogen-bond acceptors (Lipinski definition) is 6. The normalized spacial score (nSPS) is 12.1. The van der Waals surface area contributed by atoms with Crippen molar-refractivity contribution in [2.75, 3.05) is 26.6 Å². The van der Waals surface area contributed by atoms with Crippen molar-refractivity contribution in [1.82, 2.24) is 0 Å². The number of ketones is 1. The van der Waals surface area contributed by atoms with Crippen molar-refractivity contribution >= 4 is 23.5 Å². The molecule has 0 aliphatic carbocycles. The highest BCUT2D eigenvalue weighted by atomic mass is 16.5. The van der Waals surface area contributed by atoms with E-state index in [9.17, 15) is 9.59 Å². The Morgan fingerprint density at radius 1 is 1.03 bits per heavy atom. The van der Waals surface area contributed by atoms with E-state index < -0.39 is 6.04 Å². The average Bonchev–Trinajstić information content (AvgIpc) is 2.81. The van der Waals surface area contributed by atoms with Gasteiger partial charge in [-0.3, -0.25) is 9.59 Å². The molecular formula is C25H32N2O5. The van der Waals surface area contributed by atoms with Crippen LogP contribution >= 0.6 is 0 Å². The quantitative estimate of drug-likeness (QED) is 0.395. The molecule has 0 saturated carbocycles. The lowest BCUT2D eigenvalue weighted by Crippen LogP contribution is -2.35. The number of Topliss-reactive ketones (excluding diaryl/α,β-unsaturated/α-hetero) is 1. The van der Waals surface area contributed by atoms with Crippen LogP contribution in [0.15, 0.2) is 42.0 Å². The lowest BCUT2D eigenvalue weighted by atomic mass is 10.0. The predicted octanol–water partition coefficient (Wildman–Crippen LogP) is 4.45. The molecule has 7 nitrogen and oxygen atoms in total. The van der Waals surface area contributed by atoms with Crippen molar-refractivity contribution in [2.24, 2.45) is 5.73 Å². The summed E-state index contributed by atoms with van der Waals surface area (Å²) < 4.78 is 15.9. The summed E-state index contributed by atoms with van der Waals surface area (Å²) in [6, 6.07) is 9.79. The van der Waals surface area contributed by atoms with Crippen molar-refractivity contribution in [3.05, 3.63) is 53.1 Å². The topological polar surface area (TPSA) is 99.9 Å². The molecular weight excluding hydrogens is 408 g/mol. The number of benzene rings is 2. The average molecular weight is 441 g/mol. The van der Waals surface area contributed by atoms with E-state index in [4.69, 9.17) is 19.9 Å². The first-order chi connectivity index (χ1) is 15.3. The Kier molecular flexibility index (Phi) is 9.28. The van der Waals surface area contributed by atoms with Crippen LogP contribution in [0.3, 0.4) is 0 Å². The van der Waals surface area contributed by atoms with Crippen LogP contribution in [0.25, 0.3) is 6.08 Å². The van der Waals surface area contributed by atoms with Gasteiger partial charge in [-0.25, -0.2) is 0 Å². The van der Waals surface area contributed by atoms with Crippen molar-refractivity contribution < 1.29 is 23.8 Å². The number of amides is 1. The first-order valence-electron chi connectivity index (χ1n) is 10.5. The van der Waals surface area contributed by atoms with Gasteiger partial charge in [0.15, 0.2) is 5.78 Å². The van der Waals surface area contributed by atoms with Crippen LogP contribution in [-0.4, -0.2) is 39.1 Å². The molecule has 1 atom stereocenters. The third-order valence-electron chi connectivity index (χ3n) is 5.08. The fourth-order valence-electron chi connectivity index (χ4n) is 3.21. The number of ether oxygens (including phenoxy) is 3. The molecule has 0 aliphatic heterocycles. The highest BCUT2D eigenvalue weighted by Gasteiger charge is 2.17. The van der Waals surface area contributed by atoms with Gasteiger partial charge in [0.25, 0.3) is 0 Å². The number of anilines is 1. The van der Waals surface area contributed by atoms with E-state index in [0.29, 0.717) is 40.5 Å². The highest BCUT2D eigenvalue weighted by molar-refractivity contribution is 6.12. The summed E-state index contributed by atoms with van der Waals surface area (Å²) >= 11 is 0. The number of nitrogens with two attached hydrogens (primary N) is 1. The zero-order chi connectivity index (χ0) is 23.7. The summed E-state index contributed by atoms with van der Waals surface area (Å²) in [4.78, 5) is 25.5. The van der Waals surface area contributed by atoms with Crippen molar-refractivity contribution in [3.63, 3.8) is 0 Å². The van der Waals surface area contributed by atoms with E-state index in [-0.39, 0.29) is 11.7 Å². The summed E-state index contributed by atoms with van der Waals surface area (Å²) in [5.74, 6) is 1.08. The fraction of sp³-hybridized carbons (Fsp3) is 0.360. The molecule has 0 aromatic heterocycles. The molecule has 0 fully saturated rings. The summed E-state index contributed by atoms with van der Waals surface area (Å²) in [6.45, 7) is 3.78. The van der Waals surface area contributed by atoms with Crippen LogP contribution in [0.4, 0.5) is 5.69 Å². The SMILES string of the molecule is CCCCC(N)C(=O)Nc1cc(/C=C(\C)C(=O)c2cc(OC)ccc2OC)ccc1OC. The molecule has 0 radical (unpaired) electrons.